The lowest BCUT2D eigenvalue weighted by Gasteiger charge is -2.31. The average Bonchev–Trinajstić information content (AvgIpc) is 3.03. The zero-order valence-electron chi connectivity index (χ0n) is 16.1. The van der Waals surface area contributed by atoms with E-state index in [-0.39, 0.29) is 17.8 Å². The fraction of sp³-hybridized carbons (Fsp3) is 0.550. The summed E-state index contributed by atoms with van der Waals surface area (Å²) < 4.78 is 7.48. The molecule has 1 aliphatic heterocycles. The highest BCUT2D eigenvalue weighted by atomic mass is 16.5. The van der Waals surface area contributed by atoms with Crippen LogP contribution in [-0.2, 0) is 4.74 Å². The Morgan fingerprint density at radius 1 is 1.35 bits per heavy atom. The topological polar surface area (TPSA) is 60.2 Å². The van der Waals surface area contributed by atoms with Crippen LogP contribution in [0.3, 0.4) is 0 Å². The molecule has 6 heteroatoms. The first-order valence-electron chi connectivity index (χ1n) is 9.45. The molecular weight excluding hydrogens is 328 g/mol. The molecule has 140 valence electrons. The van der Waals surface area contributed by atoms with Gasteiger partial charge in [0.05, 0.1) is 11.8 Å². The lowest BCUT2D eigenvalue weighted by Crippen LogP contribution is -2.43. The van der Waals surface area contributed by atoms with Crippen LogP contribution in [0, 0.1) is 6.92 Å². The predicted molar refractivity (Wildman–Crippen MR) is 101 cm³/mol. The number of benzene rings is 1. The van der Waals surface area contributed by atoms with Gasteiger partial charge in [-0.15, -0.1) is 5.10 Å². The Labute approximate surface area is 155 Å². The molecule has 0 N–H and O–H groups in total. The molecule has 6 nitrogen and oxygen atoms in total. The molecule has 0 bridgehead atoms. The Morgan fingerprint density at radius 2 is 2.12 bits per heavy atom. The van der Waals surface area contributed by atoms with E-state index in [2.05, 4.69) is 30.0 Å². The minimum atomic E-state index is -0.113. The second-order valence-electron chi connectivity index (χ2n) is 7.08. The number of aromatic nitrogens is 3. The number of hydrogen-bond donors (Lipinski definition) is 0. The fourth-order valence-electron chi connectivity index (χ4n) is 3.51. The molecule has 1 amide bonds. The summed E-state index contributed by atoms with van der Waals surface area (Å²) >= 11 is 0. The molecule has 0 radical (unpaired) electrons. The molecule has 1 saturated heterocycles. The molecule has 2 aromatic rings. The highest BCUT2D eigenvalue weighted by molar-refractivity contribution is 5.90. The number of carbonyl (C=O) groups is 1. The van der Waals surface area contributed by atoms with Crippen LogP contribution in [0.25, 0.3) is 5.69 Å². The van der Waals surface area contributed by atoms with Crippen LogP contribution in [0.4, 0.5) is 0 Å². The molecule has 1 fully saturated rings. The molecule has 0 spiro atoms. The zero-order chi connectivity index (χ0) is 18.7. The van der Waals surface area contributed by atoms with Crippen molar-refractivity contribution in [3.8, 4) is 5.69 Å². The lowest BCUT2D eigenvalue weighted by atomic mass is 10.0. The maximum atomic E-state index is 12.9. The molecule has 2 heterocycles. The number of carbonyl (C=O) groups excluding carboxylic acids is 1. The van der Waals surface area contributed by atoms with Crippen LogP contribution in [-0.4, -0.2) is 51.4 Å². The molecule has 1 unspecified atom stereocenters. The van der Waals surface area contributed by atoms with Gasteiger partial charge in [0.15, 0.2) is 0 Å². The molecule has 0 saturated carbocycles. The van der Waals surface area contributed by atoms with E-state index in [1.54, 1.807) is 4.68 Å². The normalized spacial score (nSPS) is 17.7. The van der Waals surface area contributed by atoms with E-state index in [1.165, 1.54) is 5.56 Å². The molecule has 0 aliphatic carbocycles. The molecule has 1 aromatic heterocycles. The van der Waals surface area contributed by atoms with E-state index >= 15 is 0 Å². The maximum absolute atomic E-state index is 12.9. The third-order valence-electron chi connectivity index (χ3n) is 4.81. The van der Waals surface area contributed by atoms with Crippen molar-refractivity contribution in [2.24, 2.45) is 0 Å². The van der Waals surface area contributed by atoms with Crippen LogP contribution in [0.2, 0.25) is 0 Å². The quantitative estimate of drug-likeness (QED) is 0.824. The van der Waals surface area contributed by atoms with E-state index in [0.29, 0.717) is 19.1 Å². The zero-order valence-corrected chi connectivity index (χ0v) is 16.1. The first-order chi connectivity index (χ1) is 12.5. The average molecular weight is 356 g/mol. The fourth-order valence-corrected chi connectivity index (χ4v) is 3.51. The Kier molecular flexibility index (Phi) is 5.71. The monoisotopic (exact) mass is 356 g/mol. The van der Waals surface area contributed by atoms with Gasteiger partial charge in [0, 0.05) is 19.7 Å². The van der Waals surface area contributed by atoms with Gasteiger partial charge >= 0.3 is 0 Å². The van der Waals surface area contributed by atoms with Crippen molar-refractivity contribution in [2.45, 2.75) is 52.6 Å². The maximum Gasteiger partial charge on any atom is 0.293 e. The molecule has 1 aromatic carbocycles. The largest absolute Gasteiger partial charge is 0.377 e. The van der Waals surface area contributed by atoms with Gasteiger partial charge in [-0.25, -0.2) is 9.67 Å². The van der Waals surface area contributed by atoms with Crippen LogP contribution in [0.5, 0.6) is 0 Å². The van der Waals surface area contributed by atoms with Crippen molar-refractivity contribution in [3.63, 3.8) is 0 Å². The summed E-state index contributed by atoms with van der Waals surface area (Å²) in [5.74, 6) is 1.24. The van der Waals surface area contributed by atoms with Gasteiger partial charge in [-0.05, 0) is 44.2 Å². The van der Waals surface area contributed by atoms with Crippen molar-refractivity contribution in [1.82, 2.24) is 19.7 Å². The van der Waals surface area contributed by atoms with Gasteiger partial charge in [-0.2, -0.15) is 0 Å². The van der Waals surface area contributed by atoms with Gasteiger partial charge in [0.1, 0.15) is 5.82 Å². The van der Waals surface area contributed by atoms with Gasteiger partial charge in [-0.3, -0.25) is 4.79 Å². The summed E-state index contributed by atoms with van der Waals surface area (Å²) in [6, 6.07) is 8.14. The number of amides is 1. The van der Waals surface area contributed by atoms with Crippen LogP contribution in [0.15, 0.2) is 24.3 Å². The second-order valence-corrected chi connectivity index (χ2v) is 7.08. The van der Waals surface area contributed by atoms with Gasteiger partial charge < -0.3 is 9.64 Å². The third kappa shape index (κ3) is 3.80. The Bertz CT molecular complexity index is 767. The van der Waals surface area contributed by atoms with Gasteiger partial charge in [-0.1, -0.05) is 32.0 Å². The van der Waals surface area contributed by atoms with Crippen molar-refractivity contribution >= 4 is 5.91 Å². The first-order valence-corrected chi connectivity index (χ1v) is 9.45. The number of piperidine rings is 1. The Hall–Kier alpha value is -2.21. The summed E-state index contributed by atoms with van der Waals surface area (Å²) in [5, 5.41) is 4.54. The van der Waals surface area contributed by atoms with Crippen molar-refractivity contribution < 1.29 is 9.53 Å². The molecule has 1 aliphatic rings. The minimum Gasteiger partial charge on any atom is -0.377 e. The van der Waals surface area contributed by atoms with Crippen LogP contribution >= 0.6 is 0 Å². The lowest BCUT2D eigenvalue weighted by molar-refractivity contribution is 0.00681. The number of aryl methyl sites for hydroxylation is 1. The number of likely N-dealkylation sites (tertiary alicyclic amines) is 1. The number of para-hydroxylation sites is 1. The third-order valence-corrected chi connectivity index (χ3v) is 4.81. The molecule has 3 rings (SSSR count). The first kappa shape index (κ1) is 18.6. The van der Waals surface area contributed by atoms with Gasteiger partial charge in [0.2, 0.25) is 5.82 Å². The number of nitrogens with zero attached hydrogens (tertiary/aromatic N) is 4. The van der Waals surface area contributed by atoms with E-state index in [0.717, 1.165) is 30.9 Å². The van der Waals surface area contributed by atoms with Crippen LogP contribution < -0.4 is 0 Å². The van der Waals surface area contributed by atoms with E-state index in [9.17, 15) is 4.79 Å². The van der Waals surface area contributed by atoms with E-state index in [1.807, 2.05) is 36.9 Å². The van der Waals surface area contributed by atoms with E-state index in [4.69, 9.17) is 4.74 Å². The summed E-state index contributed by atoms with van der Waals surface area (Å²) in [5.41, 5.74) is 2.17. The van der Waals surface area contributed by atoms with Crippen molar-refractivity contribution in [2.75, 3.05) is 19.7 Å². The van der Waals surface area contributed by atoms with Crippen molar-refractivity contribution in [3.05, 3.63) is 41.5 Å². The minimum absolute atomic E-state index is 0.113. The Morgan fingerprint density at radius 3 is 2.85 bits per heavy atom. The molecule has 26 heavy (non-hydrogen) atoms. The summed E-state index contributed by atoms with van der Waals surface area (Å²) in [6.45, 7) is 10.2. The highest BCUT2D eigenvalue weighted by Crippen LogP contribution is 2.23. The van der Waals surface area contributed by atoms with Crippen LogP contribution in [0.1, 0.15) is 61.5 Å². The standard InChI is InChI=1S/C20H28N4O2/c1-5-26-16-9-8-12-23(13-16)20(25)19-21-15(4)24(22-19)18-11-7-6-10-17(18)14(2)3/h6-7,10-11,14,16H,5,8-9,12-13H2,1-4H3. The number of ether oxygens (including phenoxy) is 1. The Balaban J connectivity index is 1.85. The molecular formula is C20H28N4O2. The summed E-state index contributed by atoms with van der Waals surface area (Å²) in [4.78, 5) is 19.2. The number of hydrogen-bond acceptors (Lipinski definition) is 4. The predicted octanol–water partition coefficient (Wildman–Crippen LogP) is 3.34. The highest BCUT2D eigenvalue weighted by Gasteiger charge is 2.28. The number of rotatable bonds is 5. The van der Waals surface area contributed by atoms with Crippen molar-refractivity contribution in [1.29, 1.82) is 0 Å². The van der Waals surface area contributed by atoms with E-state index < -0.39 is 0 Å². The smallest absolute Gasteiger partial charge is 0.293 e. The van der Waals surface area contributed by atoms with Gasteiger partial charge in [0.25, 0.3) is 5.91 Å². The SMILES string of the molecule is CCOC1CCCN(C(=O)c2nc(C)n(-c3ccccc3C(C)C)n2)C1. The second kappa shape index (κ2) is 7.99. The summed E-state index contributed by atoms with van der Waals surface area (Å²) in [7, 11) is 0. The molecule has 1 atom stereocenters. The summed E-state index contributed by atoms with van der Waals surface area (Å²) in [6.07, 6.45) is 2.06.